The molecule has 14 heavy (non-hydrogen) atoms. The molecule has 1 unspecified atom stereocenters. The topological polar surface area (TPSA) is 35.5 Å². The molecule has 3 heteroatoms. The summed E-state index contributed by atoms with van der Waals surface area (Å²) < 4.78 is 10.3. The van der Waals surface area contributed by atoms with Crippen molar-refractivity contribution < 1.29 is 14.3 Å². The molecule has 0 amide bonds. The first-order valence-corrected chi connectivity index (χ1v) is 5.09. The van der Waals surface area contributed by atoms with E-state index in [1.807, 2.05) is 0 Å². The SMILES string of the molecule is C=CC(=O)OCCCCC1(C)CCO1. The first-order chi connectivity index (χ1) is 6.66. The van der Waals surface area contributed by atoms with Crippen molar-refractivity contribution in [2.75, 3.05) is 13.2 Å². The average molecular weight is 198 g/mol. The first-order valence-electron chi connectivity index (χ1n) is 5.09. The van der Waals surface area contributed by atoms with E-state index >= 15 is 0 Å². The summed E-state index contributed by atoms with van der Waals surface area (Å²) in [6.07, 6.45) is 5.34. The van der Waals surface area contributed by atoms with Gasteiger partial charge in [-0.1, -0.05) is 6.58 Å². The Labute approximate surface area is 85.1 Å². The second kappa shape index (κ2) is 5.15. The van der Waals surface area contributed by atoms with Crippen LogP contribution >= 0.6 is 0 Å². The predicted molar refractivity (Wildman–Crippen MR) is 54.0 cm³/mol. The molecule has 0 aromatic heterocycles. The predicted octanol–water partition coefficient (Wildman–Crippen LogP) is 2.06. The third kappa shape index (κ3) is 3.50. The quantitative estimate of drug-likeness (QED) is 0.372. The Morgan fingerprint density at radius 1 is 1.64 bits per heavy atom. The minimum Gasteiger partial charge on any atom is -0.463 e. The lowest BCUT2D eigenvalue weighted by Gasteiger charge is -2.38. The molecule has 1 aliphatic heterocycles. The maximum Gasteiger partial charge on any atom is 0.330 e. The Morgan fingerprint density at radius 3 is 2.86 bits per heavy atom. The summed E-state index contributed by atoms with van der Waals surface area (Å²) in [7, 11) is 0. The fourth-order valence-corrected chi connectivity index (χ4v) is 1.48. The second-order valence-corrected chi connectivity index (χ2v) is 3.88. The van der Waals surface area contributed by atoms with Crippen molar-refractivity contribution in [2.45, 2.75) is 38.2 Å². The van der Waals surface area contributed by atoms with Crippen LogP contribution in [-0.4, -0.2) is 24.8 Å². The number of carbonyl (C=O) groups is 1. The van der Waals surface area contributed by atoms with Gasteiger partial charge in [0.2, 0.25) is 0 Å². The molecule has 1 heterocycles. The summed E-state index contributed by atoms with van der Waals surface area (Å²) in [5, 5.41) is 0. The fourth-order valence-electron chi connectivity index (χ4n) is 1.48. The highest BCUT2D eigenvalue weighted by molar-refractivity contribution is 5.81. The van der Waals surface area contributed by atoms with Gasteiger partial charge in [-0.2, -0.15) is 0 Å². The molecule has 0 saturated carbocycles. The summed E-state index contributed by atoms with van der Waals surface area (Å²) in [6.45, 7) is 6.84. The monoisotopic (exact) mass is 198 g/mol. The number of hydrogen-bond acceptors (Lipinski definition) is 3. The van der Waals surface area contributed by atoms with Crippen molar-refractivity contribution in [1.29, 1.82) is 0 Å². The minimum absolute atomic E-state index is 0.0996. The third-order valence-corrected chi connectivity index (χ3v) is 2.59. The number of carbonyl (C=O) groups excluding carboxylic acids is 1. The highest BCUT2D eigenvalue weighted by Gasteiger charge is 2.31. The van der Waals surface area contributed by atoms with Crippen LogP contribution in [0.2, 0.25) is 0 Å². The largest absolute Gasteiger partial charge is 0.463 e. The molecule has 0 aliphatic carbocycles. The van der Waals surface area contributed by atoms with Crippen molar-refractivity contribution in [3.05, 3.63) is 12.7 Å². The van der Waals surface area contributed by atoms with E-state index in [9.17, 15) is 4.79 Å². The van der Waals surface area contributed by atoms with Gasteiger partial charge in [0.1, 0.15) is 0 Å². The number of ether oxygens (including phenoxy) is 2. The Kier molecular flexibility index (Phi) is 4.14. The zero-order valence-corrected chi connectivity index (χ0v) is 8.75. The van der Waals surface area contributed by atoms with Crippen molar-refractivity contribution in [3.63, 3.8) is 0 Å². The molecule has 0 N–H and O–H groups in total. The van der Waals surface area contributed by atoms with Gasteiger partial charge in [-0.25, -0.2) is 4.79 Å². The molecular weight excluding hydrogens is 180 g/mol. The molecule has 0 aromatic carbocycles. The van der Waals surface area contributed by atoms with E-state index in [1.54, 1.807) is 0 Å². The van der Waals surface area contributed by atoms with Gasteiger partial charge < -0.3 is 9.47 Å². The normalized spacial score (nSPS) is 25.2. The summed E-state index contributed by atoms with van der Waals surface area (Å²) in [5.74, 6) is -0.337. The van der Waals surface area contributed by atoms with Gasteiger partial charge in [0.15, 0.2) is 0 Å². The molecule has 0 spiro atoms. The molecule has 0 bridgehead atoms. The van der Waals surface area contributed by atoms with Crippen LogP contribution in [0.25, 0.3) is 0 Å². The molecule has 1 saturated heterocycles. The Balaban J connectivity index is 1.94. The molecule has 0 radical (unpaired) electrons. The molecule has 0 aromatic rings. The van der Waals surface area contributed by atoms with Gasteiger partial charge in [0.05, 0.1) is 18.8 Å². The molecule has 3 nitrogen and oxygen atoms in total. The summed E-state index contributed by atoms with van der Waals surface area (Å²) in [4.78, 5) is 10.7. The zero-order chi connectivity index (χ0) is 10.4. The first kappa shape index (κ1) is 11.2. The Bertz CT molecular complexity index is 207. The molecule has 80 valence electrons. The lowest BCUT2D eigenvalue weighted by atomic mass is 9.91. The van der Waals surface area contributed by atoms with Crippen molar-refractivity contribution in [1.82, 2.24) is 0 Å². The highest BCUT2D eigenvalue weighted by Crippen LogP contribution is 2.30. The van der Waals surface area contributed by atoms with Gasteiger partial charge in [0.25, 0.3) is 0 Å². The highest BCUT2D eigenvalue weighted by atomic mass is 16.5. The van der Waals surface area contributed by atoms with E-state index in [2.05, 4.69) is 13.5 Å². The van der Waals surface area contributed by atoms with Crippen LogP contribution < -0.4 is 0 Å². The van der Waals surface area contributed by atoms with Crippen molar-refractivity contribution in [2.24, 2.45) is 0 Å². The maximum absolute atomic E-state index is 10.7. The number of unbranched alkanes of at least 4 members (excludes halogenated alkanes) is 1. The lowest BCUT2D eigenvalue weighted by molar-refractivity contribution is -0.141. The number of rotatable bonds is 6. The van der Waals surface area contributed by atoms with Gasteiger partial charge >= 0.3 is 5.97 Å². The van der Waals surface area contributed by atoms with E-state index in [4.69, 9.17) is 9.47 Å². The molecule has 1 fully saturated rings. The van der Waals surface area contributed by atoms with Crippen LogP contribution in [0, 0.1) is 0 Å². The van der Waals surface area contributed by atoms with Crippen LogP contribution in [0.5, 0.6) is 0 Å². The fraction of sp³-hybridized carbons (Fsp3) is 0.727. The van der Waals surface area contributed by atoms with Crippen LogP contribution in [0.3, 0.4) is 0 Å². The van der Waals surface area contributed by atoms with E-state index < -0.39 is 0 Å². The maximum atomic E-state index is 10.7. The summed E-state index contributed by atoms with van der Waals surface area (Å²) in [6, 6.07) is 0. The van der Waals surface area contributed by atoms with E-state index in [1.165, 1.54) is 6.08 Å². The summed E-state index contributed by atoms with van der Waals surface area (Å²) in [5.41, 5.74) is 0.0996. The lowest BCUT2D eigenvalue weighted by Crippen LogP contribution is -2.40. The molecule has 1 atom stereocenters. The average Bonchev–Trinajstić information content (AvgIpc) is 2.14. The zero-order valence-electron chi connectivity index (χ0n) is 8.75. The number of esters is 1. The van der Waals surface area contributed by atoms with Gasteiger partial charge in [-0.15, -0.1) is 0 Å². The molecule has 1 aliphatic rings. The van der Waals surface area contributed by atoms with E-state index in [0.29, 0.717) is 6.61 Å². The van der Waals surface area contributed by atoms with Gasteiger partial charge in [-0.3, -0.25) is 0 Å². The van der Waals surface area contributed by atoms with E-state index in [0.717, 1.165) is 32.3 Å². The van der Waals surface area contributed by atoms with Gasteiger partial charge in [-0.05, 0) is 32.6 Å². The Morgan fingerprint density at radius 2 is 2.36 bits per heavy atom. The minimum atomic E-state index is -0.337. The third-order valence-electron chi connectivity index (χ3n) is 2.59. The van der Waals surface area contributed by atoms with E-state index in [-0.39, 0.29) is 11.6 Å². The van der Waals surface area contributed by atoms with Crippen LogP contribution in [0.1, 0.15) is 32.6 Å². The van der Waals surface area contributed by atoms with Crippen LogP contribution in [-0.2, 0) is 14.3 Å². The van der Waals surface area contributed by atoms with Crippen LogP contribution in [0.4, 0.5) is 0 Å². The van der Waals surface area contributed by atoms with Crippen molar-refractivity contribution in [3.8, 4) is 0 Å². The number of hydrogen-bond donors (Lipinski definition) is 0. The molecular formula is C11H18O3. The molecule has 1 rings (SSSR count). The van der Waals surface area contributed by atoms with Gasteiger partial charge in [0, 0.05) is 6.08 Å². The van der Waals surface area contributed by atoms with Crippen molar-refractivity contribution >= 4 is 5.97 Å². The smallest absolute Gasteiger partial charge is 0.330 e. The van der Waals surface area contributed by atoms with Crippen LogP contribution in [0.15, 0.2) is 12.7 Å². The second-order valence-electron chi connectivity index (χ2n) is 3.88. The summed E-state index contributed by atoms with van der Waals surface area (Å²) >= 11 is 0. The Hall–Kier alpha value is -0.830. The standard InChI is InChI=1S/C11H18O3/c1-3-10(12)13-8-5-4-6-11(2)7-9-14-11/h3H,1,4-9H2,2H3.